The van der Waals surface area contributed by atoms with Gasteiger partial charge in [0, 0.05) is 34.7 Å². The number of nitrogens with zero attached hydrogens (tertiary/aromatic N) is 4. The summed E-state index contributed by atoms with van der Waals surface area (Å²) in [6.07, 6.45) is 1.87. The molecule has 0 unspecified atom stereocenters. The molecule has 0 spiro atoms. The van der Waals surface area contributed by atoms with Crippen LogP contribution in [0.5, 0.6) is 11.5 Å². The van der Waals surface area contributed by atoms with Gasteiger partial charge < -0.3 is 4.74 Å². The Kier molecular flexibility index (Phi) is 8.18. The first-order chi connectivity index (χ1) is 23.5. The van der Waals surface area contributed by atoms with Crippen LogP contribution in [0.25, 0.3) is 44.4 Å². The van der Waals surface area contributed by atoms with E-state index in [9.17, 15) is 0 Å². The van der Waals surface area contributed by atoms with Crippen LogP contribution in [0.4, 0.5) is 0 Å². The number of aromatic nitrogens is 4. The highest BCUT2D eigenvalue weighted by molar-refractivity contribution is 6.09. The van der Waals surface area contributed by atoms with Crippen LogP contribution < -0.4 is 4.74 Å². The molecule has 0 bridgehead atoms. The predicted octanol–water partition coefficient (Wildman–Crippen LogP) is 11.9. The number of para-hydroxylation sites is 1. The lowest BCUT2D eigenvalue weighted by atomic mass is 9.83. The number of pyridine rings is 1. The number of rotatable bonds is 7. The van der Waals surface area contributed by atoms with E-state index in [1.165, 1.54) is 61.0 Å². The van der Waals surface area contributed by atoms with E-state index in [2.05, 4.69) is 145 Å². The number of aryl methyl sites for hydroxylation is 1. The Bertz CT molecular complexity index is 2360. The third-order valence-corrected chi connectivity index (χ3v) is 10.4. The summed E-state index contributed by atoms with van der Waals surface area (Å²) in [5.41, 5.74) is 16.1. The topological polar surface area (TPSA) is 44.9 Å². The quantitative estimate of drug-likeness (QED) is 0.173. The fraction of sp³-hybridized carbons (Fsp3) is 0.273. The Hall–Kier alpha value is -5.16. The van der Waals surface area contributed by atoms with Crippen LogP contribution in [0.15, 0.2) is 85.1 Å². The first-order valence-corrected chi connectivity index (χ1v) is 17.4. The molecule has 7 aromatic rings. The first-order valence-electron chi connectivity index (χ1n) is 17.4. The Balaban J connectivity index is 1.35. The summed E-state index contributed by atoms with van der Waals surface area (Å²) in [4.78, 5) is 4.74. The number of fused-ring (bicyclic) bond motifs is 3. The predicted molar refractivity (Wildman–Crippen MR) is 204 cm³/mol. The fourth-order valence-corrected chi connectivity index (χ4v) is 7.43. The van der Waals surface area contributed by atoms with Crippen LogP contribution in [0.1, 0.15) is 84.3 Å². The summed E-state index contributed by atoms with van der Waals surface area (Å²) in [6, 6.07) is 27.3. The summed E-state index contributed by atoms with van der Waals surface area (Å²) in [5.74, 6) is 2.94. The third-order valence-electron chi connectivity index (χ3n) is 10.4. The standard InChI is InChI=1S/C44H46N4O/c1-25(2)43-42(41-31(9)29(7)28(6)30(8)32(41)10)44(26(3)4)48(46-43)33-14-13-15-34(23-33)49-35-18-19-37-36-16-11-12-17-38(36)47(39(37)24-35)40-22-27(5)20-21-45-40/h11-26H,1-10H3. The zero-order valence-corrected chi connectivity index (χ0v) is 30.4. The maximum absolute atomic E-state index is 6.64. The van der Waals surface area contributed by atoms with E-state index in [1.54, 1.807) is 0 Å². The summed E-state index contributed by atoms with van der Waals surface area (Å²) in [6.45, 7) is 22.4. The van der Waals surface area contributed by atoms with Gasteiger partial charge in [-0.2, -0.15) is 5.10 Å². The summed E-state index contributed by atoms with van der Waals surface area (Å²) >= 11 is 0. The molecular weight excluding hydrogens is 601 g/mol. The highest BCUT2D eigenvalue weighted by Crippen LogP contribution is 2.43. The molecule has 248 valence electrons. The van der Waals surface area contributed by atoms with E-state index < -0.39 is 0 Å². The van der Waals surface area contributed by atoms with Crippen LogP contribution in [-0.4, -0.2) is 19.3 Å². The molecule has 0 aliphatic heterocycles. The van der Waals surface area contributed by atoms with Gasteiger partial charge in [0.2, 0.25) is 0 Å². The van der Waals surface area contributed by atoms with E-state index in [-0.39, 0.29) is 11.8 Å². The normalized spacial score (nSPS) is 11.8. The van der Waals surface area contributed by atoms with E-state index in [1.807, 2.05) is 18.3 Å². The van der Waals surface area contributed by atoms with Crippen molar-refractivity contribution < 1.29 is 4.74 Å². The minimum absolute atomic E-state index is 0.250. The first kappa shape index (κ1) is 32.4. The van der Waals surface area contributed by atoms with Crippen molar-refractivity contribution in [2.24, 2.45) is 0 Å². The molecule has 5 nitrogen and oxygen atoms in total. The molecule has 49 heavy (non-hydrogen) atoms. The van der Waals surface area contributed by atoms with Gasteiger partial charge in [-0.05, 0) is 135 Å². The van der Waals surface area contributed by atoms with Gasteiger partial charge in [0.25, 0.3) is 0 Å². The molecule has 0 aliphatic rings. The van der Waals surface area contributed by atoms with Gasteiger partial charge in [-0.15, -0.1) is 0 Å². The molecule has 0 saturated carbocycles. The molecule has 5 heteroatoms. The zero-order chi connectivity index (χ0) is 34.7. The molecule has 7 rings (SSSR count). The van der Waals surface area contributed by atoms with Gasteiger partial charge in [0.1, 0.15) is 17.3 Å². The second kappa shape index (κ2) is 12.4. The summed E-state index contributed by atoms with van der Waals surface area (Å²) in [7, 11) is 0. The van der Waals surface area contributed by atoms with E-state index in [4.69, 9.17) is 14.8 Å². The highest BCUT2D eigenvalue weighted by atomic mass is 16.5. The van der Waals surface area contributed by atoms with Gasteiger partial charge >= 0.3 is 0 Å². The second-order valence-electron chi connectivity index (χ2n) is 14.2. The van der Waals surface area contributed by atoms with Crippen molar-refractivity contribution in [1.82, 2.24) is 19.3 Å². The monoisotopic (exact) mass is 646 g/mol. The third kappa shape index (κ3) is 5.42. The minimum atomic E-state index is 0.250. The lowest BCUT2D eigenvalue weighted by molar-refractivity contribution is 0.482. The van der Waals surface area contributed by atoms with Gasteiger partial charge in [-0.1, -0.05) is 52.0 Å². The number of hydrogen-bond acceptors (Lipinski definition) is 3. The van der Waals surface area contributed by atoms with Crippen molar-refractivity contribution in [3.63, 3.8) is 0 Å². The van der Waals surface area contributed by atoms with Gasteiger partial charge in [-0.25, -0.2) is 9.67 Å². The maximum Gasteiger partial charge on any atom is 0.137 e. The fourth-order valence-electron chi connectivity index (χ4n) is 7.43. The molecular formula is C44H46N4O. The van der Waals surface area contributed by atoms with Crippen molar-refractivity contribution in [1.29, 1.82) is 0 Å². The number of ether oxygens (including phenoxy) is 1. The Labute approximate surface area is 290 Å². The maximum atomic E-state index is 6.64. The van der Waals surface area contributed by atoms with E-state index in [0.29, 0.717) is 0 Å². The van der Waals surface area contributed by atoms with Crippen LogP contribution in [0, 0.1) is 41.5 Å². The van der Waals surface area contributed by atoms with Crippen LogP contribution >= 0.6 is 0 Å². The average molecular weight is 647 g/mol. The number of benzene rings is 4. The number of hydrogen-bond donors (Lipinski definition) is 0. The Morgan fingerprint density at radius 1 is 0.592 bits per heavy atom. The van der Waals surface area contributed by atoms with Crippen molar-refractivity contribution in [2.75, 3.05) is 0 Å². The lowest BCUT2D eigenvalue weighted by Crippen LogP contribution is -2.06. The van der Waals surface area contributed by atoms with Gasteiger partial charge in [0.05, 0.1) is 28.1 Å². The van der Waals surface area contributed by atoms with Crippen LogP contribution in [0.2, 0.25) is 0 Å². The molecule has 3 heterocycles. The Morgan fingerprint density at radius 2 is 1.27 bits per heavy atom. The van der Waals surface area contributed by atoms with Crippen molar-refractivity contribution >= 4 is 21.8 Å². The molecule has 4 aromatic carbocycles. The molecule has 0 fully saturated rings. The minimum Gasteiger partial charge on any atom is -0.457 e. The van der Waals surface area contributed by atoms with Crippen molar-refractivity contribution in [3.8, 4) is 34.1 Å². The zero-order valence-electron chi connectivity index (χ0n) is 30.4. The molecule has 0 N–H and O–H groups in total. The van der Waals surface area contributed by atoms with Gasteiger partial charge in [-0.3, -0.25) is 4.57 Å². The Morgan fingerprint density at radius 3 is 1.96 bits per heavy atom. The molecule has 0 aliphatic carbocycles. The van der Waals surface area contributed by atoms with E-state index >= 15 is 0 Å². The summed E-state index contributed by atoms with van der Waals surface area (Å²) in [5, 5.41) is 7.71. The molecule has 0 saturated heterocycles. The largest absolute Gasteiger partial charge is 0.457 e. The average Bonchev–Trinajstić information content (AvgIpc) is 3.64. The van der Waals surface area contributed by atoms with Crippen LogP contribution in [-0.2, 0) is 0 Å². The van der Waals surface area contributed by atoms with E-state index in [0.717, 1.165) is 39.7 Å². The van der Waals surface area contributed by atoms with Crippen molar-refractivity contribution in [3.05, 3.63) is 130 Å². The molecule has 0 radical (unpaired) electrons. The molecule has 0 amide bonds. The highest BCUT2D eigenvalue weighted by Gasteiger charge is 2.28. The summed E-state index contributed by atoms with van der Waals surface area (Å²) < 4.78 is 11.0. The smallest absolute Gasteiger partial charge is 0.137 e. The van der Waals surface area contributed by atoms with Crippen LogP contribution in [0.3, 0.4) is 0 Å². The van der Waals surface area contributed by atoms with Crippen molar-refractivity contribution in [2.45, 2.75) is 81.1 Å². The molecule has 3 aromatic heterocycles. The lowest BCUT2D eigenvalue weighted by Gasteiger charge is -2.22. The van der Waals surface area contributed by atoms with Gasteiger partial charge in [0.15, 0.2) is 0 Å². The molecule has 0 atom stereocenters. The SMILES string of the molecule is Cc1ccnc(-n2c3ccccc3c3ccc(Oc4cccc(-n5nc(C(C)C)c(-c6c(C)c(C)c(C)c(C)c6C)c5C(C)C)c4)cc32)c1. The second-order valence-corrected chi connectivity index (χ2v) is 14.2.